The molecule has 0 spiro atoms. The summed E-state index contributed by atoms with van der Waals surface area (Å²) in [5.74, 6) is 0. The molecule has 1 unspecified atom stereocenters. The van der Waals surface area contributed by atoms with Crippen molar-refractivity contribution in [1.29, 1.82) is 5.26 Å². The molecule has 0 saturated heterocycles. The van der Waals surface area contributed by atoms with Crippen LogP contribution in [0.3, 0.4) is 0 Å². The minimum absolute atomic E-state index is 0.448. The minimum atomic E-state index is -4.15. The third-order valence-electron chi connectivity index (χ3n) is 3.48. The van der Waals surface area contributed by atoms with E-state index in [1.165, 1.54) is 6.42 Å². The molecule has 1 nitrogen and oxygen atoms in total. The van der Waals surface area contributed by atoms with E-state index < -0.39 is 16.0 Å². The van der Waals surface area contributed by atoms with Crippen molar-refractivity contribution >= 4 is 20.6 Å². The summed E-state index contributed by atoms with van der Waals surface area (Å²) in [5, 5.41) is 7.00. The summed E-state index contributed by atoms with van der Waals surface area (Å²) in [5.41, 5.74) is -4.15. The lowest BCUT2D eigenvalue weighted by molar-refractivity contribution is -0.0867. The SMILES string of the molecule is CCCCCCCc1cc2ccccc2[s+]1C(F)(F)F.[C-]#N. The van der Waals surface area contributed by atoms with Gasteiger partial charge in [0, 0.05) is 17.9 Å². The van der Waals surface area contributed by atoms with Gasteiger partial charge in [-0.05, 0) is 18.6 Å². The van der Waals surface area contributed by atoms with Gasteiger partial charge in [0.05, 0.1) is 10.5 Å². The van der Waals surface area contributed by atoms with Crippen LogP contribution in [-0.4, -0.2) is 0 Å². The van der Waals surface area contributed by atoms with Crippen molar-refractivity contribution in [3.63, 3.8) is 0 Å². The number of rotatable bonds is 6. The number of halogens is 3. The number of fused-ring (bicyclic) bond motifs is 1. The fraction of sp³-hybridized carbons (Fsp3) is 0.471. The smallest absolute Gasteiger partial charge is 0.512 e. The molecule has 0 aliphatic carbocycles. The molecule has 0 bridgehead atoms. The molecule has 1 aromatic carbocycles. The van der Waals surface area contributed by atoms with Crippen LogP contribution in [-0.2, 0) is 11.9 Å². The Morgan fingerprint density at radius 3 is 2.32 bits per heavy atom. The molecule has 0 fully saturated rings. The van der Waals surface area contributed by atoms with Gasteiger partial charge in [0.2, 0.25) is 0 Å². The first kappa shape index (κ1) is 18.5. The molecule has 0 aliphatic rings. The molecular weight excluding hydrogens is 307 g/mol. The van der Waals surface area contributed by atoms with Crippen LogP contribution >= 0.6 is 10.5 Å². The maximum atomic E-state index is 13.3. The van der Waals surface area contributed by atoms with E-state index in [9.17, 15) is 13.2 Å². The Labute approximate surface area is 132 Å². The number of hydrogen-bond donors (Lipinski definition) is 0. The summed E-state index contributed by atoms with van der Waals surface area (Å²) < 4.78 is 40.3. The van der Waals surface area contributed by atoms with Crippen LogP contribution in [0.1, 0.15) is 43.9 Å². The first-order valence-corrected chi connectivity index (χ1v) is 8.59. The molecule has 1 heterocycles. The van der Waals surface area contributed by atoms with Crippen LogP contribution in [0.2, 0.25) is 0 Å². The van der Waals surface area contributed by atoms with E-state index >= 15 is 0 Å². The lowest BCUT2D eigenvalue weighted by atomic mass is 10.1. The van der Waals surface area contributed by atoms with Crippen molar-refractivity contribution in [3.05, 3.63) is 41.8 Å². The lowest BCUT2D eigenvalue weighted by Crippen LogP contribution is -1.98. The second kappa shape index (κ2) is 8.79. The monoisotopic (exact) mass is 327 g/mol. The van der Waals surface area contributed by atoms with Gasteiger partial charge in [-0.3, -0.25) is 0 Å². The normalized spacial score (nSPS) is 12.0. The molecule has 5 heteroatoms. The average Bonchev–Trinajstić information content (AvgIpc) is 2.87. The molecule has 0 radical (unpaired) electrons. The highest BCUT2D eigenvalue weighted by atomic mass is 32.2. The Morgan fingerprint density at radius 1 is 1.05 bits per heavy atom. The van der Waals surface area contributed by atoms with E-state index in [-0.39, 0.29) is 0 Å². The van der Waals surface area contributed by atoms with Gasteiger partial charge in [-0.2, -0.15) is 0 Å². The Morgan fingerprint density at radius 2 is 1.68 bits per heavy atom. The second-order valence-corrected chi connectivity index (χ2v) is 7.10. The number of nitrogens with zero attached hydrogens (tertiary/aromatic N) is 1. The van der Waals surface area contributed by atoms with Gasteiger partial charge in [0.25, 0.3) is 0 Å². The zero-order chi connectivity index (χ0) is 16.6. The van der Waals surface area contributed by atoms with E-state index in [1.54, 1.807) is 30.3 Å². The van der Waals surface area contributed by atoms with E-state index in [1.807, 2.05) is 0 Å². The van der Waals surface area contributed by atoms with E-state index in [0.29, 0.717) is 16.0 Å². The third kappa shape index (κ3) is 4.74. The molecular formula is C17H20F3NS. The van der Waals surface area contributed by atoms with Crippen LogP contribution in [0.4, 0.5) is 13.2 Å². The molecule has 0 saturated carbocycles. The number of aryl methyl sites for hydroxylation is 1. The first-order valence-electron chi connectivity index (χ1n) is 7.37. The van der Waals surface area contributed by atoms with E-state index in [4.69, 9.17) is 11.8 Å². The van der Waals surface area contributed by atoms with Gasteiger partial charge in [-0.25, -0.2) is 0 Å². The number of hydrogen-bond acceptors (Lipinski definition) is 1. The summed E-state index contributed by atoms with van der Waals surface area (Å²) in [6, 6.07) is 8.66. The third-order valence-corrected chi connectivity index (χ3v) is 5.60. The van der Waals surface area contributed by atoms with Crippen LogP contribution in [0.5, 0.6) is 0 Å². The summed E-state index contributed by atoms with van der Waals surface area (Å²) in [7, 11) is -1.70. The zero-order valence-electron chi connectivity index (χ0n) is 12.6. The van der Waals surface area contributed by atoms with Crippen LogP contribution < -0.4 is 0 Å². The first-order chi connectivity index (χ1) is 10.5. The second-order valence-electron chi connectivity index (χ2n) is 5.06. The highest BCUT2D eigenvalue weighted by Gasteiger charge is 2.47. The molecule has 0 aliphatic heterocycles. The Bertz CT molecular complexity index is 599. The van der Waals surface area contributed by atoms with Gasteiger partial charge in [0.15, 0.2) is 9.58 Å². The van der Waals surface area contributed by atoms with Crippen LogP contribution in [0.15, 0.2) is 30.3 Å². The quantitative estimate of drug-likeness (QED) is 0.330. The predicted molar refractivity (Wildman–Crippen MR) is 85.2 cm³/mol. The fourth-order valence-corrected chi connectivity index (χ4v) is 4.51. The van der Waals surface area contributed by atoms with E-state index in [2.05, 4.69) is 6.92 Å². The summed E-state index contributed by atoms with van der Waals surface area (Å²) in [6.07, 6.45) is 5.90. The fourth-order valence-electron chi connectivity index (χ4n) is 2.51. The topological polar surface area (TPSA) is 23.8 Å². The highest BCUT2D eigenvalue weighted by molar-refractivity contribution is 7.38. The number of benzene rings is 1. The standard InChI is InChI=1S/C16H20F3S.CN/c1-2-3-4-5-6-10-14-12-13-9-7-8-11-15(13)20(14)16(17,18)19;1-2/h7-9,11-12H,2-6,10H2,1H3;/q+1;-1. The minimum Gasteiger partial charge on any atom is -0.512 e. The van der Waals surface area contributed by atoms with Crippen LogP contribution in [0, 0.1) is 11.8 Å². The molecule has 120 valence electrons. The Hall–Kier alpha value is -1.54. The van der Waals surface area contributed by atoms with E-state index in [0.717, 1.165) is 31.1 Å². The van der Waals surface area contributed by atoms with Crippen LogP contribution in [0.25, 0.3) is 10.1 Å². The maximum absolute atomic E-state index is 13.3. The molecule has 1 aromatic heterocycles. The Balaban J connectivity index is 0.00000116. The summed E-state index contributed by atoms with van der Waals surface area (Å²) in [4.78, 5) is 0.565. The summed E-state index contributed by atoms with van der Waals surface area (Å²) in [6.45, 7) is 6.89. The molecule has 2 rings (SSSR count). The lowest BCUT2D eigenvalue weighted by Gasteiger charge is -2.01. The summed E-state index contributed by atoms with van der Waals surface area (Å²) >= 11 is 0. The van der Waals surface area contributed by atoms with Gasteiger partial charge in [-0.15, -0.1) is 13.2 Å². The van der Waals surface area contributed by atoms with Crippen molar-refractivity contribution in [2.45, 2.75) is 51.0 Å². The predicted octanol–water partition coefficient (Wildman–Crippen LogP) is 6.67. The maximum Gasteiger partial charge on any atom is 0.600 e. The largest absolute Gasteiger partial charge is 0.600 e. The van der Waals surface area contributed by atoms with Crippen molar-refractivity contribution in [1.82, 2.24) is 0 Å². The molecule has 2 aromatic rings. The van der Waals surface area contributed by atoms with Gasteiger partial charge >= 0.3 is 5.51 Å². The Kier molecular flexibility index (Phi) is 7.40. The van der Waals surface area contributed by atoms with Crippen molar-refractivity contribution < 1.29 is 13.2 Å². The number of unbranched alkanes of at least 4 members (excludes halogenated alkanes) is 4. The van der Waals surface area contributed by atoms with Crippen molar-refractivity contribution in [2.75, 3.05) is 0 Å². The van der Waals surface area contributed by atoms with Gasteiger partial charge in [0.1, 0.15) is 0 Å². The van der Waals surface area contributed by atoms with Crippen molar-refractivity contribution in [3.8, 4) is 0 Å². The highest BCUT2D eigenvalue weighted by Crippen LogP contribution is 2.51. The zero-order valence-corrected chi connectivity index (χ0v) is 13.4. The average molecular weight is 327 g/mol. The van der Waals surface area contributed by atoms with Gasteiger partial charge < -0.3 is 11.8 Å². The van der Waals surface area contributed by atoms with Gasteiger partial charge in [-0.1, -0.05) is 44.7 Å². The van der Waals surface area contributed by atoms with Crippen molar-refractivity contribution in [2.24, 2.45) is 0 Å². The number of alkyl halides is 3. The number of thiophene rings is 1. The molecule has 1 atom stereocenters. The molecule has 0 N–H and O–H groups in total. The molecule has 22 heavy (non-hydrogen) atoms. The molecule has 0 amide bonds.